The molecule has 0 heterocycles. The van der Waals surface area contributed by atoms with Crippen LogP contribution in [0.3, 0.4) is 0 Å². The van der Waals surface area contributed by atoms with E-state index in [1.54, 1.807) is 0 Å². The van der Waals surface area contributed by atoms with Crippen molar-refractivity contribution in [3.8, 4) is 0 Å². The van der Waals surface area contributed by atoms with Crippen LogP contribution < -0.4 is 5.32 Å². The third-order valence-electron chi connectivity index (χ3n) is 3.92. The van der Waals surface area contributed by atoms with Crippen LogP contribution in [0.4, 0.5) is 0 Å². The molecule has 0 aromatic heterocycles. The third kappa shape index (κ3) is 4.14. The zero-order chi connectivity index (χ0) is 11.3. The van der Waals surface area contributed by atoms with Crippen molar-refractivity contribution in [2.24, 2.45) is 17.8 Å². The Balaban J connectivity index is 2.42. The van der Waals surface area contributed by atoms with Gasteiger partial charge >= 0.3 is 0 Å². The average Bonchev–Trinajstić information content (AvgIpc) is 3.01. The van der Waals surface area contributed by atoms with Crippen LogP contribution in [0.1, 0.15) is 59.8 Å². The van der Waals surface area contributed by atoms with E-state index >= 15 is 0 Å². The molecule has 1 N–H and O–H groups in total. The molecule has 1 fully saturated rings. The molecule has 0 aliphatic heterocycles. The smallest absolute Gasteiger partial charge is 0.0121 e. The highest BCUT2D eigenvalue weighted by Gasteiger charge is 2.34. The summed E-state index contributed by atoms with van der Waals surface area (Å²) in [4.78, 5) is 0. The Labute approximate surface area is 96.0 Å². The Kier molecular flexibility index (Phi) is 5.66. The van der Waals surface area contributed by atoms with E-state index in [1.807, 2.05) is 0 Å². The summed E-state index contributed by atoms with van der Waals surface area (Å²) >= 11 is 0. The molecule has 3 unspecified atom stereocenters. The van der Waals surface area contributed by atoms with E-state index < -0.39 is 0 Å². The molecule has 1 saturated carbocycles. The summed E-state index contributed by atoms with van der Waals surface area (Å²) < 4.78 is 0. The predicted octanol–water partition coefficient (Wildman–Crippen LogP) is 3.84. The monoisotopic (exact) mass is 211 g/mol. The van der Waals surface area contributed by atoms with Crippen LogP contribution in [0.25, 0.3) is 0 Å². The van der Waals surface area contributed by atoms with Crippen LogP contribution in [0.5, 0.6) is 0 Å². The molecule has 1 aliphatic rings. The van der Waals surface area contributed by atoms with E-state index in [0.29, 0.717) is 0 Å². The second-order valence-corrected chi connectivity index (χ2v) is 5.44. The number of nitrogens with one attached hydrogen (secondary N) is 1. The first-order chi connectivity index (χ1) is 7.20. The zero-order valence-corrected chi connectivity index (χ0v) is 11.1. The topological polar surface area (TPSA) is 12.0 Å². The standard InChI is InChI=1S/C14H29N/c1-5-7-11(3)14(15-10-6-2)12(4)13-8-9-13/h11-15H,5-10H2,1-4H3. The summed E-state index contributed by atoms with van der Waals surface area (Å²) in [6, 6.07) is 0.761. The van der Waals surface area contributed by atoms with Crippen molar-refractivity contribution in [1.82, 2.24) is 5.32 Å². The van der Waals surface area contributed by atoms with Crippen LogP contribution >= 0.6 is 0 Å². The van der Waals surface area contributed by atoms with Crippen LogP contribution in [-0.4, -0.2) is 12.6 Å². The number of hydrogen-bond acceptors (Lipinski definition) is 1. The van der Waals surface area contributed by atoms with Crippen molar-refractivity contribution in [3.05, 3.63) is 0 Å². The van der Waals surface area contributed by atoms with Gasteiger partial charge in [-0.3, -0.25) is 0 Å². The molecule has 1 nitrogen and oxygen atoms in total. The lowest BCUT2D eigenvalue weighted by Gasteiger charge is -2.31. The van der Waals surface area contributed by atoms with Crippen LogP contribution in [0.2, 0.25) is 0 Å². The number of rotatable bonds is 8. The van der Waals surface area contributed by atoms with E-state index in [2.05, 4.69) is 33.0 Å². The molecule has 0 bridgehead atoms. The minimum Gasteiger partial charge on any atom is -0.313 e. The van der Waals surface area contributed by atoms with Gasteiger partial charge < -0.3 is 5.32 Å². The van der Waals surface area contributed by atoms with Crippen LogP contribution in [-0.2, 0) is 0 Å². The summed E-state index contributed by atoms with van der Waals surface area (Å²) in [5.74, 6) is 2.76. The van der Waals surface area contributed by atoms with Crippen LogP contribution in [0, 0.1) is 17.8 Å². The molecule has 0 saturated heterocycles. The predicted molar refractivity (Wildman–Crippen MR) is 68.0 cm³/mol. The molecule has 0 aromatic carbocycles. The quantitative estimate of drug-likeness (QED) is 0.643. The van der Waals surface area contributed by atoms with Gasteiger partial charge in [-0.1, -0.05) is 34.1 Å². The zero-order valence-electron chi connectivity index (χ0n) is 11.1. The largest absolute Gasteiger partial charge is 0.313 e. The fraction of sp³-hybridized carbons (Fsp3) is 1.00. The van der Waals surface area contributed by atoms with Crippen molar-refractivity contribution in [2.45, 2.75) is 65.8 Å². The van der Waals surface area contributed by atoms with E-state index in [0.717, 1.165) is 23.8 Å². The Hall–Kier alpha value is -0.0400. The van der Waals surface area contributed by atoms with Gasteiger partial charge in [0, 0.05) is 6.04 Å². The van der Waals surface area contributed by atoms with Gasteiger partial charge in [-0.25, -0.2) is 0 Å². The van der Waals surface area contributed by atoms with Gasteiger partial charge in [-0.05, 0) is 50.0 Å². The van der Waals surface area contributed by atoms with Crippen molar-refractivity contribution in [1.29, 1.82) is 0 Å². The Morgan fingerprint density at radius 3 is 2.27 bits per heavy atom. The van der Waals surface area contributed by atoms with Gasteiger partial charge in [0.05, 0.1) is 0 Å². The minimum absolute atomic E-state index is 0.761. The fourth-order valence-electron chi connectivity index (χ4n) is 2.77. The fourth-order valence-corrected chi connectivity index (χ4v) is 2.77. The van der Waals surface area contributed by atoms with E-state index in [1.165, 1.54) is 38.6 Å². The van der Waals surface area contributed by atoms with E-state index in [-0.39, 0.29) is 0 Å². The maximum atomic E-state index is 3.78. The molecule has 3 atom stereocenters. The molecule has 0 spiro atoms. The number of hydrogen-bond donors (Lipinski definition) is 1. The minimum atomic E-state index is 0.761. The summed E-state index contributed by atoms with van der Waals surface area (Å²) in [7, 11) is 0. The van der Waals surface area contributed by atoms with Gasteiger partial charge in [0.2, 0.25) is 0 Å². The highest BCUT2D eigenvalue weighted by Crippen LogP contribution is 2.40. The lowest BCUT2D eigenvalue weighted by atomic mass is 9.85. The molecule has 90 valence electrons. The molecular weight excluding hydrogens is 182 g/mol. The SMILES string of the molecule is CCCNC(C(C)CCC)C(C)C1CC1. The molecular formula is C14H29N. The highest BCUT2D eigenvalue weighted by atomic mass is 14.9. The normalized spacial score (nSPS) is 22.4. The molecule has 0 radical (unpaired) electrons. The van der Waals surface area contributed by atoms with Gasteiger partial charge in [-0.2, -0.15) is 0 Å². The Bertz CT molecular complexity index is 163. The van der Waals surface area contributed by atoms with E-state index in [9.17, 15) is 0 Å². The molecule has 15 heavy (non-hydrogen) atoms. The van der Waals surface area contributed by atoms with Gasteiger partial charge in [0.25, 0.3) is 0 Å². The summed E-state index contributed by atoms with van der Waals surface area (Å²) in [5, 5.41) is 3.78. The van der Waals surface area contributed by atoms with Crippen molar-refractivity contribution in [3.63, 3.8) is 0 Å². The first-order valence-corrected chi connectivity index (χ1v) is 6.94. The summed E-state index contributed by atoms with van der Waals surface area (Å²) in [5.41, 5.74) is 0. The van der Waals surface area contributed by atoms with Crippen molar-refractivity contribution in [2.75, 3.05) is 6.54 Å². The second-order valence-electron chi connectivity index (χ2n) is 5.44. The van der Waals surface area contributed by atoms with Gasteiger partial charge in [0.15, 0.2) is 0 Å². The van der Waals surface area contributed by atoms with Crippen molar-refractivity contribution >= 4 is 0 Å². The molecule has 1 heteroatoms. The maximum Gasteiger partial charge on any atom is 0.0121 e. The lowest BCUT2D eigenvalue weighted by molar-refractivity contribution is 0.250. The second kappa shape index (κ2) is 6.52. The first kappa shape index (κ1) is 13.0. The summed E-state index contributed by atoms with van der Waals surface area (Å²) in [6.45, 7) is 10.6. The molecule has 1 rings (SSSR count). The highest BCUT2D eigenvalue weighted by molar-refractivity contribution is 4.88. The molecule has 0 aromatic rings. The first-order valence-electron chi connectivity index (χ1n) is 6.94. The van der Waals surface area contributed by atoms with Gasteiger partial charge in [-0.15, -0.1) is 0 Å². The van der Waals surface area contributed by atoms with Crippen LogP contribution in [0.15, 0.2) is 0 Å². The van der Waals surface area contributed by atoms with Gasteiger partial charge in [0.1, 0.15) is 0 Å². The molecule has 1 aliphatic carbocycles. The maximum absolute atomic E-state index is 3.78. The average molecular weight is 211 g/mol. The Morgan fingerprint density at radius 2 is 1.80 bits per heavy atom. The third-order valence-corrected chi connectivity index (χ3v) is 3.92. The molecule has 0 amide bonds. The summed E-state index contributed by atoms with van der Waals surface area (Å²) in [6.07, 6.45) is 6.91. The lowest BCUT2D eigenvalue weighted by Crippen LogP contribution is -2.41. The van der Waals surface area contributed by atoms with Crippen molar-refractivity contribution < 1.29 is 0 Å². The van der Waals surface area contributed by atoms with E-state index in [4.69, 9.17) is 0 Å². The Morgan fingerprint density at radius 1 is 1.13 bits per heavy atom.